The maximum absolute atomic E-state index is 12.3. The number of rotatable bonds is 5. The van der Waals surface area contributed by atoms with Gasteiger partial charge in [-0.15, -0.1) is 0 Å². The molecule has 0 fully saturated rings. The molecule has 1 amide bonds. The zero-order valence-electron chi connectivity index (χ0n) is 13.5. The molecule has 1 heterocycles. The van der Waals surface area contributed by atoms with Crippen molar-refractivity contribution in [3.63, 3.8) is 0 Å². The lowest BCUT2D eigenvalue weighted by Gasteiger charge is -2.07. The molecular formula is C18H16N2O4S. The third-order valence-electron chi connectivity index (χ3n) is 3.50. The fourth-order valence-corrected chi connectivity index (χ4v) is 3.13. The lowest BCUT2D eigenvalue weighted by molar-refractivity contribution is 0.102. The van der Waals surface area contributed by atoms with Gasteiger partial charge in [-0.25, -0.2) is 13.4 Å². The summed E-state index contributed by atoms with van der Waals surface area (Å²) in [4.78, 5) is 16.1. The van der Waals surface area contributed by atoms with Crippen molar-refractivity contribution in [1.82, 2.24) is 4.98 Å². The molecule has 128 valence electrons. The van der Waals surface area contributed by atoms with E-state index in [4.69, 9.17) is 4.42 Å². The highest BCUT2D eigenvalue weighted by Crippen LogP contribution is 2.21. The van der Waals surface area contributed by atoms with E-state index in [2.05, 4.69) is 10.3 Å². The number of amides is 1. The van der Waals surface area contributed by atoms with Crippen LogP contribution in [-0.4, -0.2) is 25.6 Å². The summed E-state index contributed by atoms with van der Waals surface area (Å²) in [7, 11) is -3.09. The van der Waals surface area contributed by atoms with Crippen molar-refractivity contribution in [1.29, 1.82) is 0 Å². The monoisotopic (exact) mass is 356 g/mol. The van der Waals surface area contributed by atoms with E-state index >= 15 is 0 Å². The molecule has 0 aliphatic carbocycles. The van der Waals surface area contributed by atoms with E-state index in [9.17, 15) is 13.2 Å². The number of carbonyl (C=O) groups excluding carboxylic acids is 1. The van der Waals surface area contributed by atoms with Gasteiger partial charge in [0, 0.05) is 23.1 Å². The van der Waals surface area contributed by atoms with Crippen LogP contribution in [0.5, 0.6) is 0 Å². The Bertz CT molecular complexity index is 961. The minimum absolute atomic E-state index is 0.0437. The number of benzene rings is 2. The summed E-state index contributed by atoms with van der Waals surface area (Å²) in [6.45, 7) is 0. The molecule has 6 nitrogen and oxygen atoms in total. The second-order valence-electron chi connectivity index (χ2n) is 5.66. The molecule has 25 heavy (non-hydrogen) atoms. The van der Waals surface area contributed by atoms with Crippen molar-refractivity contribution in [3.8, 4) is 11.3 Å². The van der Waals surface area contributed by atoms with Crippen molar-refractivity contribution in [2.75, 3.05) is 11.6 Å². The highest BCUT2D eigenvalue weighted by molar-refractivity contribution is 7.89. The Balaban J connectivity index is 1.67. The highest BCUT2D eigenvalue weighted by Gasteiger charge is 2.09. The van der Waals surface area contributed by atoms with E-state index in [0.717, 1.165) is 5.56 Å². The molecule has 0 unspecified atom stereocenters. The lowest BCUT2D eigenvalue weighted by atomic mass is 10.1. The number of nitrogens with one attached hydrogen (secondary N) is 1. The standard InChI is InChI=1S/C18H16N2O4S/c1-25(22,23)11-13-2-4-15(5-3-13)18(21)20-16-8-6-14(7-9-16)17-10-19-12-24-17/h2-10,12H,11H2,1H3,(H,20,21). The van der Waals surface area contributed by atoms with Gasteiger partial charge in [-0.2, -0.15) is 0 Å². The number of oxazole rings is 1. The Labute approximate surface area is 145 Å². The van der Waals surface area contributed by atoms with Crippen LogP contribution in [0.4, 0.5) is 5.69 Å². The van der Waals surface area contributed by atoms with Gasteiger partial charge in [0.1, 0.15) is 0 Å². The molecule has 2 aromatic carbocycles. The minimum atomic E-state index is -3.09. The summed E-state index contributed by atoms with van der Waals surface area (Å²) in [6, 6.07) is 13.7. The number of anilines is 1. The second-order valence-corrected chi connectivity index (χ2v) is 7.80. The largest absolute Gasteiger partial charge is 0.444 e. The van der Waals surface area contributed by atoms with Crippen LogP contribution >= 0.6 is 0 Å². The van der Waals surface area contributed by atoms with Gasteiger partial charge in [0.25, 0.3) is 5.91 Å². The summed E-state index contributed by atoms with van der Waals surface area (Å²) >= 11 is 0. The molecule has 7 heteroatoms. The van der Waals surface area contributed by atoms with Crippen molar-refractivity contribution in [3.05, 3.63) is 72.2 Å². The van der Waals surface area contributed by atoms with Gasteiger partial charge < -0.3 is 9.73 Å². The Morgan fingerprint density at radius 2 is 1.76 bits per heavy atom. The molecule has 0 aliphatic rings. The predicted octanol–water partition coefficient (Wildman–Crippen LogP) is 3.14. The molecule has 0 atom stereocenters. The Kier molecular flexibility index (Phi) is 4.67. The normalized spacial score (nSPS) is 11.2. The van der Waals surface area contributed by atoms with Crippen molar-refractivity contribution in [2.45, 2.75) is 5.75 Å². The van der Waals surface area contributed by atoms with Gasteiger partial charge in [-0.3, -0.25) is 4.79 Å². The Morgan fingerprint density at radius 1 is 1.08 bits per heavy atom. The number of sulfone groups is 1. The van der Waals surface area contributed by atoms with Gasteiger partial charge in [0.15, 0.2) is 22.0 Å². The molecule has 0 radical (unpaired) electrons. The third-order valence-corrected chi connectivity index (χ3v) is 4.36. The maximum Gasteiger partial charge on any atom is 0.255 e. The molecule has 0 saturated carbocycles. The smallest absolute Gasteiger partial charge is 0.255 e. The predicted molar refractivity (Wildman–Crippen MR) is 94.9 cm³/mol. The van der Waals surface area contributed by atoms with E-state index in [1.54, 1.807) is 42.6 Å². The van der Waals surface area contributed by atoms with E-state index < -0.39 is 9.84 Å². The highest BCUT2D eigenvalue weighted by atomic mass is 32.2. The minimum Gasteiger partial charge on any atom is -0.444 e. The molecule has 0 aliphatic heterocycles. The third kappa shape index (κ3) is 4.54. The van der Waals surface area contributed by atoms with E-state index in [0.29, 0.717) is 22.6 Å². The van der Waals surface area contributed by atoms with E-state index in [1.807, 2.05) is 12.1 Å². The topological polar surface area (TPSA) is 89.3 Å². The molecule has 0 bridgehead atoms. The first-order valence-corrected chi connectivity index (χ1v) is 9.54. The zero-order valence-corrected chi connectivity index (χ0v) is 14.3. The van der Waals surface area contributed by atoms with E-state index in [1.165, 1.54) is 12.6 Å². The van der Waals surface area contributed by atoms with Crippen LogP contribution < -0.4 is 5.32 Å². The van der Waals surface area contributed by atoms with Gasteiger partial charge >= 0.3 is 0 Å². The van der Waals surface area contributed by atoms with E-state index in [-0.39, 0.29) is 11.7 Å². The zero-order chi connectivity index (χ0) is 17.9. The number of hydrogen-bond donors (Lipinski definition) is 1. The van der Waals surface area contributed by atoms with Crippen molar-refractivity contribution < 1.29 is 17.6 Å². The van der Waals surface area contributed by atoms with Crippen LogP contribution in [0.3, 0.4) is 0 Å². The SMILES string of the molecule is CS(=O)(=O)Cc1ccc(C(=O)Nc2ccc(-c3cnco3)cc2)cc1. The van der Waals surface area contributed by atoms with Crippen LogP contribution in [-0.2, 0) is 15.6 Å². The summed E-state index contributed by atoms with van der Waals surface area (Å²) < 4.78 is 27.8. The fraction of sp³-hybridized carbons (Fsp3) is 0.111. The first-order valence-electron chi connectivity index (χ1n) is 7.48. The van der Waals surface area contributed by atoms with Gasteiger partial charge in [-0.05, 0) is 42.0 Å². The Morgan fingerprint density at radius 3 is 2.32 bits per heavy atom. The number of aromatic nitrogens is 1. The average Bonchev–Trinajstić information content (AvgIpc) is 3.09. The fourth-order valence-electron chi connectivity index (χ4n) is 2.33. The van der Waals surface area contributed by atoms with Crippen LogP contribution in [0.25, 0.3) is 11.3 Å². The van der Waals surface area contributed by atoms with Crippen LogP contribution in [0.1, 0.15) is 15.9 Å². The molecule has 0 spiro atoms. The van der Waals surface area contributed by atoms with Crippen molar-refractivity contribution in [2.24, 2.45) is 0 Å². The number of hydrogen-bond acceptors (Lipinski definition) is 5. The molecule has 0 saturated heterocycles. The lowest BCUT2D eigenvalue weighted by Crippen LogP contribution is -2.12. The van der Waals surface area contributed by atoms with Crippen LogP contribution in [0, 0.1) is 0 Å². The average molecular weight is 356 g/mol. The molecule has 3 aromatic rings. The first-order chi connectivity index (χ1) is 11.9. The first kappa shape index (κ1) is 16.9. The summed E-state index contributed by atoms with van der Waals surface area (Å²) in [6.07, 6.45) is 4.15. The van der Waals surface area contributed by atoms with Gasteiger partial charge in [-0.1, -0.05) is 12.1 Å². The summed E-state index contributed by atoms with van der Waals surface area (Å²) in [5.74, 6) is 0.343. The number of nitrogens with zero attached hydrogens (tertiary/aromatic N) is 1. The molecular weight excluding hydrogens is 340 g/mol. The second kappa shape index (κ2) is 6.90. The van der Waals surface area contributed by atoms with Gasteiger partial charge in [0.05, 0.1) is 11.9 Å². The quantitative estimate of drug-likeness (QED) is 0.758. The van der Waals surface area contributed by atoms with Crippen molar-refractivity contribution >= 4 is 21.4 Å². The van der Waals surface area contributed by atoms with Crippen LogP contribution in [0.2, 0.25) is 0 Å². The summed E-state index contributed by atoms with van der Waals surface area (Å²) in [5, 5.41) is 2.80. The molecule has 1 aromatic heterocycles. The molecule has 3 rings (SSSR count). The Hall–Kier alpha value is -2.93. The maximum atomic E-state index is 12.3. The van der Waals surface area contributed by atoms with Crippen LogP contribution in [0.15, 0.2) is 65.5 Å². The summed E-state index contributed by atoms with van der Waals surface area (Å²) in [5.41, 5.74) is 2.61. The number of carbonyl (C=O) groups is 1. The van der Waals surface area contributed by atoms with Gasteiger partial charge in [0.2, 0.25) is 0 Å². The molecule has 1 N–H and O–H groups in total.